The molecule has 0 saturated heterocycles. The van der Waals surface area contributed by atoms with Crippen molar-refractivity contribution in [2.75, 3.05) is 7.11 Å². The van der Waals surface area contributed by atoms with Crippen molar-refractivity contribution in [1.82, 2.24) is 10.0 Å². The van der Waals surface area contributed by atoms with Gasteiger partial charge in [0.15, 0.2) is 5.75 Å². The van der Waals surface area contributed by atoms with E-state index in [1.807, 2.05) is 0 Å². The molecule has 0 radical (unpaired) electrons. The summed E-state index contributed by atoms with van der Waals surface area (Å²) in [6.07, 6.45) is 1.14. The molecule has 0 bridgehead atoms. The van der Waals surface area contributed by atoms with Gasteiger partial charge in [-0.3, -0.25) is 9.63 Å². The second-order valence-electron chi connectivity index (χ2n) is 4.02. The van der Waals surface area contributed by atoms with Crippen LogP contribution in [-0.2, 0) is 11.4 Å². The molecule has 0 aliphatic carbocycles. The standard InChI is InChI=1S/C13H13FN2O4/c1-20-16(7-8-4-2-3-5-10(8)14)13(19)9-6-15-12(18)11(9)17/h2-6,15,17-18H,7H2,1H3. The fourth-order valence-corrected chi connectivity index (χ4v) is 1.70. The van der Waals surface area contributed by atoms with E-state index in [2.05, 4.69) is 4.98 Å². The van der Waals surface area contributed by atoms with Gasteiger partial charge in [-0.25, -0.2) is 9.45 Å². The average molecular weight is 280 g/mol. The number of halogens is 1. The molecule has 1 amide bonds. The fourth-order valence-electron chi connectivity index (χ4n) is 1.70. The Labute approximate surface area is 114 Å². The molecule has 1 aromatic carbocycles. The van der Waals surface area contributed by atoms with Crippen molar-refractivity contribution in [1.29, 1.82) is 0 Å². The highest BCUT2D eigenvalue weighted by Gasteiger charge is 2.23. The molecule has 0 unspecified atom stereocenters. The number of hydroxylamine groups is 2. The Morgan fingerprint density at radius 3 is 2.65 bits per heavy atom. The predicted molar refractivity (Wildman–Crippen MR) is 67.4 cm³/mol. The van der Waals surface area contributed by atoms with E-state index in [0.29, 0.717) is 0 Å². The zero-order chi connectivity index (χ0) is 14.7. The summed E-state index contributed by atoms with van der Waals surface area (Å²) in [7, 11) is 1.25. The minimum atomic E-state index is -0.704. The summed E-state index contributed by atoms with van der Waals surface area (Å²) < 4.78 is 13.5. The van der Waals surface area contributed by atoms with Crippen LogP contribution in [0.4, 0.5) is 4.39 Å². The van der Waals surface area contributed by atoms with Crippen LogP contribution < -0.4 is 0 Å². The number of carbonyl (C=O) groups excluding carboxylic acids is 1. The maximum absolute atomic E-state index is 13.5. The number of amides is 1. The maximum Gasteiger partial charge on any atom is 0.283 e. The molecule has 0 atom stereocenters. The summed E-state index contributed by atoms with van der Waals surface area (Å²) in [6.45, 7) is -0.132. The van der Waals surface area contributed by atoms with Crippen LogP contribution in [0.5, 0.6) is 11.6 Å². The van der Waals surface area contributed by atoms with E-state index in [9.17, 15) is 19.4 Å². The molecule has 20 heavy (non-hydrogen) atoms. The van der Waals surface area contributed by atoms with Gasteiger partial charge in [0.05, 0.1) is 13.7 Å². The second kappa shape index (κ2) is 5.62. The van der Waals surface area contributed by atoms with Crippen molar-refractivity contribution in [2.45, 2.75) is 6.54 Å². The Bertz CT molecular complexity index is 627. The third-order valence-electron chi connectivity index (χ3n) is 2.78. The van der Waals surface area contributed by atoms with Crippen LogP contribution in [0.1, 0.15) is 15.9 Å². The molecule has 2 rings (SSSR count). The Kier molecular flexibility index (Phi) is 3.90. The van der Waals surface area contributed by atoms with Gasteiger partial charge in [-0.1, -0.05) is 18.2 Å². The van der Waals surface area contributed by atoms with Crippen LogP contribution in [0.15, 0.2) is 30.5 Å². The highest BCUT2D eigenvalue weighted by atomic mass is 19.1. The largest absolute Gasteiger partial charge is 0.503 e. The smallest absolute Gasteiger partial charge is 0.283 e. The zero-order valence-corrected chi connectivity index (χ0v) is 10.6. The van der Waals surface area contributed by atoms with E-state index in [1.165, 1.54) is 25.3 Å². The number of hydrogen-bond acceptors (Lipinski definition) is 4. The molecule has 7 heteroatoms. The van der Waals surface area contributed by atoms with Crippen LogP contribution in [0.3, 0.4) is 0 Å². The molecule has 3 N–H and O–H groups in total. The number of rotatable bonds is 4. The molecule has 0 aliphatic heterocycles. The number of H-pyrrole nitrogens is 1. The van der Waals surface area contributed by atoms with Crippen LogP contribution in [-0.4, -0.2) is 33.3 Å². The summed E-state index contributed by atoms with van der Waals surface area (Å²) in [4.78, 5) is 19.3. The second-order valence-corrected chi connectivity index (χ2v) is 4.02. The number of aromatic amines is 1. The third kappa shape index (κ3) is 2.57. The van der Waals surface area contributed by atoms with Crippen molar-refractivity contribution in [3.8, 4) is 11.6 Å². The van der Waals surface area contributed by atoms with Gasteiger partial charge >= 0.3 is 0 Å². The van der Waals surface area contributed by atoms with E-state index in [-0.39, 0.29) is 17.7 Å². The highest BCUT2D eigenvalue weighted by molar-refractivity contribution is 5.96. The minimum Gasteiger partial charge on any atom is -0.503 e. The number of benzene rings is 1. The van der Waals surface area contributed by atoms with Crippen molar-refractivity contribution in [3.05, 3.63) is 47.4 Å². The lowest BCUT2D eigenvalue weighted by molar-refractivity contribution is -0.102. The number of nitrogens with zero attached hydrogens (tertiary/aromatic N) is 1. The van der Waals surface area contributed by atoms with Gasteiger partial charge in [-0.15, -0.1) is 0 Å². The lowest BCUT2D eigenvalue weighted by atomic mass is 10.2. The van der Waals surface area contributed by atoms with Crippen LogP contribution >= 0.6 is 0 Å². The maximum atomic E-state index is 13.5. The number of aromatic hydroxyl groups is 2. The van der Waals surface area contributed by atoms with Gasteiger partial charge in [0.2, 0.25) is 5.88 Å². The average Bonchev–Trinajstić information content (AvgIpc) is 2.77. The third-order valence-corrected chi connectivity index (χ3v) is 2.78. The van der Waals surface area contributed by atoms with Crippen molar-refractivity contribution in [3.63, 3.8) is 0 Å². The molecule has 0 saturated carbocycles. The van der Waals surface area contributed by atoms with Gasteiger partial charge in [-0.05, 0) is 6.07 Å². The first-order valence-corrected chi connectivity index (χ1v) is 5.73. The first-order chi connectivity index (χ1) is 9.54. The SMILES string of the molecule is CON(Cc1ccccc1F)C(=O)c1c[nH]c(O)c1O. The van der Waals surface area contributed by atoms with Crippen molar-refractivity contribution in [2.24, 2.45) is 0 Å². The molecule has 106 valence electrons. The molecule has 0 aliphatic rings. The Balaban J connectivity index is 2.23. The first kappa shape index (κ1) is 13.9. The van der Waals surface area contributed by atoms with E-state index in [1.54, 1.807) is 6.07 Å². The summed E-state index contributed by atoms with van der Waals surface area (Å²) >= 11 is 0. The van der Waals surface area contributed by atoms with Crippen molar-refractivity contribution >= 4 is 5.91 Å². The Hall–Kier alpha value is -2.54. The molecular formula is C13H13FN2O4. The highest BCUT2D eigenvalue weighted by Crippen LogP contribution is 2.28. The zero-order valence-electron chi connectivity index (χ0n) is 10.6. The Morgan fingerprint density at radius 2 is 2.10 bits per heavy atom. The first-order valence-electron chi connectivity index (χ1n) is 5.73. The molecule has 1 heterocycles. The molecule has 1 aromatic heterocycles. The van der Waals surface area contributed by atoms with Gasteiger partial charge < -0.3 is 15.2 Å². The topological polar surface area (TPSA) is 85.8 Å². The van der Waals surface area contributed by atoms with Crippen LogP contribution in [0, 0.1) is 5.82 Å². The van der Waals surface area contributed by atoms with Gasteiger partial charge in [0.1, 0.15) is 11.4 Å². The van der Waals surface area contributed by atoms with Crippen LogP contribution in [0.2, 0.25) is 0 Å². The van der Waals surface area contributed by atoms with Gasteiger partial charge in [0, 0.05) is 11.8 Å². The Morgan fingerprint density at radius 1 is 1.40 bits per heavy atom. The fraction of sp³-hybridized carbons (Fsp3) is 0.154. The minimum absolute atomic E-state index is 0.132. The van der Waals surface area contributed by atoms with E-state index < -0.39 is 23.4 Å². The number of nitrogens with one attached hydrogen (secondary N) is 1. The molecule has 6 nitrogen and oxygen atoms in total. The summed E-state index contributed by atoms with van der Waals surface area (Å²) in [5.74, 6) is -2.27. The number of carbonyl (C=O) groups is 1. The quantitative estimate of drug-likeness (QED) is 0.745. The molecule has 0 fully saturated rings. The summed E-state index contributed by atoms with van der Waals surface area (Å²) in [6, 6.07) is 5.96. The molecule has 0 spiro atoms. The molecule has 2 aromatic rings. The number of hydrogen-bond donors (Lipinski definition) is 3. The normalized spacial score (nSPS) is 10.5. The van der Waals surface area contributed by atoms with Gasteiger partial charge in [-0.2, -0.15) is 0 Å². The summed E-state index contributed by atoms with van der Waals surface area (Å²) in [5.41, 5.74) is 0.0997. The van der Waals surface area contributed by atoms with E-state index >= 15 is 0 Å². The predicted octanol–water partition coefficient (Wildman–Crippen LogP) is 1.77. The lowest BCUT2D eigenvalue weighted by Gasteiger charge is -2.19. The van der Waals surface area contributed by atoms with E-state index in [4.69, 9.17) is 4.84 Å². The monoisotopic (exact) mass is 280 g/mol. The van der Waals surface area contributed by atoms with E-state index in [0.717, 1.165) is 11.3 Å². The van der Waals surface area contributed by atoms with Crippen molar-refractivity contribution < 1.29 is 24.2 Å². The lowest BCUT2D eigenvalue weighted by Crippen LogP contribution is -2.29. The summed E-state index contributed by atoms with van der Waals surface area (Å²) in [5, 5.41) is 19.6. The van der Waals surface area contributed by atoms with Gasteiger partial charge in [0.25, 0.3) is 5.91 Å². The molecular weight excluding hydrogens is 267 g/mol. The number of aromatic nitrogens is 1. The van der Waals surface area contributed by atoms with Crippen LogP contribution in [0.25, 0.3) is 0 Å².